The minimum atomic E-state index is -0.103. The Morgan fingerprint density at radius 2 is 1.05 bits per heavy atom. The van der Waals surface area contributed by atoms with E-state index in [0.717, 1.165) is 126 Å². The van der Waals surface area contributed by atoms with E-state index in [4.69, 9.17) is 9.47 Å². The van der Waals surface area contributed by atoms with Crippen LogP contribution in [0, 0.1) is 23.7 Å². The molecule has 12 atom stereocenters. The Labute approximate surface area is 387 Å². The minimum absolute atomic E-state index is 0.0140. The summed E-state index contributed by atoms with van der Waals surface area (Å²) in [6, 6.07) is 13.8. The van der Waals surface area contributed by atoms with Crippen molar-refractivity contribution >= 4 is 46.4 Å². The SMILES string of the molecule is O=C(CCCCCCCCCCC(=O)Nc1ccc2c(c1)[C@@]13CCN4CC5=CCO[C@H]6CC(=O)N2[C@H]1[C@H]6[C@H]5C[C@H]43)Nc1ccc2c(c1)[C@@]13CCN4CC5=CCO[C@H]6CC(=O)N2[C@H]1[C@H]6[C@H]5C[C@H]43. The number of piperidine rings is 4. The Hall–Kier alpha value is -4.36. The minimum Gasteiger partial charge on any atom is -0.373 e. The van der Waals surface area contributed by atoms with Crippen LogP contribution in [0.2, 0.25) is 0 Å². The van der Waals surface area contributed by atoms with Gasteiger partial charge >= 0.3 is 0 Å². The van der Waals surface area contributed by atoms with Crippen molar-refractivity contribution < 1.29 is 28.7 Å². The highest BCUT2D eigenvalue weighted by Crippen LogP contribution is 2.68. The number of ether oxygens (including phenoxy) is 2. The maximum atomic E-state index is 13.8. The van der Waals surface area contributed by atoms with Crippen molar-refractivity contribution in [3.05, 3.63) is 70.8 Å². The summed E-state index contributed by atoms with van der Waals surface area (Å²) in [5, 5.41) is 6.49. The smallest absolute Gasteiger partial charge is 0.229 e. The van der Waals surface area contributed by atoms with Crippen LogP contribution in [0.5, 0.6) is 0 Å². The fourth-order valence-electron chi connectivity index (χ4n) is 17.3. The highest BCUT2D eigenvalue weighted by atomic mass is 16.5. The molecule has 2 aromatic rings. The number of anilines is 4. The molecule has 2 aliphatic carbocycles. The van der Waals surface area contributed by atoms with E-state index in [0.29, 0.717) is 74.7 Å². The summed E-state index contributed by atoms with van der Waals surface area (Å²) in [5.41, 5.74) is 9.20. The van der Waals surface area contributed by atoms with Crippen LogP contribution in [0.1, 0.15) is 114 Å². The molecule has 0 unspecified atom stereocenters. The van der Waals surface area contributed by atoms with Gasteiger partial charge in [0.15, 0.2) is 0 Å². The van der Waals surface area contributed by atoms with E-state index in [9.17, 15) is 19.2 Å². The molecule has 14 rings (SSSR count). The second-order valence-corrected chi connectivity index (χ2v) is 22.4. The first-order chi connectivity index (χ1) is 32.3. The van der Waals surface area contributed by atoms with E-state index in [1.807, 2.05) is 12.1 Å². The van der Waals surface area contributed by atoms with Gasteiger partial charge in [-0.05, 0) is 111 Å². The summed E-state index contributed by atoms with van der Waals surface area (Å²) < 4.78 is 12.8. The number of nitrogens with zero attached hydrogens (tertiary/aromatic N) is 4. The molecule has 2 spiro atoms. The maximum absolute atomic E-state index is 13.8. The summed E-state index contributed by atoms with van der Waals surface area (Å²) in [5.74, 6) is 2.14. The average Bonchev–Trinajstić information content (AvgIpc) is 3.99. The van der Waals surface area contributed by atoms with Gasteiger partial charge in [-0.3, -0.25) is 29.0 Å². The molecule has 12 heteroatoms. The number of hydrogen-bond acceptors (Lipinski definition) is 8. The zero-order chi connectivity index (χ0) is 44.1. The lowest BCUT2D eigenvalue weighted by atomic mass is 9.53. The molecule has 4 amide bonds. The molecule has 4 bridgehead atoms. The summed E-state index contributed by atoms with van der Waals surface area (Å²) in [6.07, 6.45) is 19.2. The molecule has 10 aliphatic heterocycles. The number of carbonyl (C=O) groups is 4. The molecule has 10 heterocycles. The lowest BCUT2D eigenvalue weighted by Crippen LogP contribution is -2.69. The van der Waals surface area contributed by atoms with E-state index in [2.05, 4.69) is 66.7 Å². The Kier molecular flexibility index (Phi) is 9.29. The van der Waals surface area contributed by atoms with Crippen molar-refractivity contribution in [2.24, 2.45) is 23.7 Å². The number of rotatable bonds is 13. The second-order valence-electron chi connectivity index (χ2n) is 22.4. The van der Waals surface area contributed by atoms with Gasteiger partial charge in [0.25, 0.3) is 0 Å². The number of benzene rings is 2. The number of hydrogen-bond donors (Lipinski definition) is 2. The van der Waals surface area contributed by atoms with Crippen molar-refractivity contribution in [2.75, 3.05) is 59.8 Å². The van der Waals surface area contributed by atoms with Crippen molar-refractivity contribution in [3.63, 3.8) is 0 Å². The lowest BCUT2D eigenvalue weighted by molar-refractivity contribution is -0.133. The average molecular weight is 893 g/mol. The molecule has 2 aromatic carbocycles. The van der Waals surface area contributed by atoms with Gasteiger partial charge in [0.1, 0.15) is 0 Å². The number of unbranched alkanes of at least 4 members (excludes halogenated alkanes) is 7. The van der Waals surface area contributed by atoms with Crippen molar-refractivity contribution in [1.29, 1.82) is 0 Å². The van der Waals surface area contributed by atoms with Gasteiger partial charge in [-0.2, -0.15) is 0 Å². The van der Waals surface area contributed by atoms with Gasteiger partial charge in [0.2, 0.25) is 23.6 Å². The molecular formula is C54H64N6O6. The van der Waals surface area contributed by atoms with Gasteiger partial charge in [-0.25, -0.2) is 0 Å². The lowest BCUT2D eigenvalue weighted by Gasteiger charge is -2.58. The van der Waals surface area contributed by atoms with Gasteiger partial charge in [-0.15, -0.1) is 0 Å². The van der Waals surface area contributed by atoms with Crippen LogP contribution in [0.25, 0.3) is 0 Å². The molecule has 0 aromatic heterocycles. The molecule has 66 heavy (non-hydrogen) atoms. The normalized spacial score (nSPS) is 37.8. The molecule has 346 valence electrons. The molecule has 8 fully saturated rings. The van der Waals surface area contributed by atoms with Crippen LogP contribution in [0.4, 0.5) is 22.7 Å². The van der Waals surface area contributed by atoms with Crippen LogP contribution in [0.15, 0.2) is 59.7 Å². The quantitative estimate of drug-likeness (QED) is 0.163. The third-order valence-corrected chi connectivity index (χ3v) is 19.7. The second kappa shape index (κ2) is 15.1. The van der Waals surface area contributed by atoms with Crippen LogP contribution in [-0.4, -0.2) is 109 Å². The maximum Gasteiger partial charge on any atom is 0.229 e. The van der Waals surface area contributed by atoms with Gasteiger partial charge in [-0.1, -0.05) is 61.8 Å². The first-order valence-corrected chi connectivity index (χ1v) is 25.9. The molecule has 2 N–H and O–H groups in total. The fourth-order valence-corrected chi connectivity index (χ4v) is 17.3. The summed E-state index contributed by atoms with van der Waals surface area (Å²) in [7, 11) is 0. The third kappa shape index (κ3) is 5.64. The Bertz CT molecular complexity index is 2330. The van der Waals surface area contributed by atoms with Crippen molar-refractivity contribution in [2.45, 2.75) is 150 Å². The fraction of sp³-hybridized carbons (Fsp3) is 0.630. The largest absolute Gasteiger partial charge is 0.373 e. The topological polar surface area (TPSA) is 124 Å². The van der Waals surface area contributed by atoms with E-state index < -0.39 is 0 Å². The molecule has 12 aliphatic rings. The van der Waals surface area contributed by atoms with Crippen LogP contribution in [-0.2, 0) is 39.5 Å². The highest BCUT2D eigenvalue weighted by molar-refractivity contribution is 6.01. The van der Waals surface area contributed by atoms with Gasteiger partial charge < -0.3 is 29.9 Å². The number of nitrogens with one attached hydrogen (secondary N) is 2. The standard InChI is InChI=1S/C54H64N6O6/c61-45(55-33-11-13-39-37(23-33)53-17-19-57-29-31-15-21-65-41-27-47(63)59(39)51(53)49(41)35(31)25-43(53)57)9-7-5-3-1-2-4-6-8-10-46(62)56-34-12-14-40-38(24-34)54-18-20-58-30-32-16-22-66-42-28-48(64)60(40)52(54)50(42)36(32)26-44(54)58/h11-16,23-24,35-36,41-44,49-52H,1-10,17-22,25-30H2,(H,55,61)(H,56,62)/t35-,36-,41-,42-,43-,44-,49-,50-,51-,52-,53+,54+/m0/s1. The Morgan fingerprint density at radius 1 is 0.606 bits per heavy atom. The molecule has 0 radical (unpaired) electrons. The van der Waals surface area contributed by atoms with Crippen molar-refractivity contribution in [1.82, 2.24) is 9.80 Å². The van der Waals surface area contributed by atoms with Crippen LogP contribution < -0.4 is 20.4 Å². The van der Waals surface area contributed by atoms with Crippen molar-refractivity contribution in [3.8, 4) is 0 Å². The van der Waals surface area contributed by atoms with E-state index in [1.165, 1.54) is 22.3 Å². The summed E-state index contributed by atoms with van der Waals surface area (Å²) in [4.78, 5) is 63.8. The molecule has 6 saturated heterocycles. The predicted octanol–water partition coefficient (Wildman–Crippen LogP) is 6.98. The number of carbonyl (C=O) groups excluding carboxylic acids is 4. The van der Waals surface area contributed by atoms with E-state index in [1.54, 1.807) is 0 Å². The Balaban J connectivity index is 0.538. The predicted molar refractivity (Wildman–Crippen MR) is 250 cm³/mol. The number of fused-ring (bicyclic) bond motifs is 4. The summed E-state index contributed by atoms with van der Waals surface area (Å²) >= 11 is 0. The zero-order valence-electron chi connectivity index (χ0n) is 38.2. The van der Waals surface area contributed by atoms with Gasteiger partial charge in [0, 0.05) is 83.4 Å². The number of amides is 4. The van der Waals surface area contributed by atoms with Gasteiger partial charge in [0.05, 0.1) is 50.3 Å². The molecule has 2 saturated carbocycles. The molecule has 12 nitrogen and oxygen atoms in total. The highest BCUT2D eigenvalue weighted by Gasteiger charge is 2.73. The van der Waals surface area contributed by atoms with Crippen LogP contribution >= 0.6 is 0 Å². The van der Waals surface area contributed by atoms with E-state index in [-0.39, 0.29) is 58.8 Å². The third-order valence-electron chi connectivity index (χ3n) is 19.7. The monoisotopic (exact) mass is 892 g/mol. The first kappa shape index (κ1) is 40.7. The first-order valence-electron chi connectivity index (χ1n) is 25.9. The Morgan fingerprint density at radius 3 is 1.50 bits per heavy atom. The van der Waals surface area contributed by atoms with Crippen LogP contribution in [0.3, 0.4) is 0 Å². The van der Waals surface area contributed by atoms with E-state index >= 15 is 0 Å². The molecular weight excluding hydrogens is 829 g/mol. The summed E-state index contributed by atoms with van der Waals surface area (Å²) in [6.45, 7) is 5.38. The zero-order valence-corrected chi connectivity index (χ0v) is 38.2.